The highest BCUT2D eigenvalue weighted by atomic mass is 35.5. The zero-order valence-electron chi connectivity index (χ0n) is 13.7. The van der Waals surface area contributed by atoms with E-state index in [9.17, 15) is 4.79 Å². The SMILES string of the molecule is Cc1c(Cl)cccc1OC[C@@H]1CCN(C(=O)OC(C)(C)C)C1. The highest BCUT2D eigenvalue weighted by Gasteiger charge is 2.30. The van der Waals surface area contributed by atoms with Gasteiger partial charge in [-0.25, -0.2) is 4.79 Å². The molecule has 1 fully saturated rings. The minimum atomic E-state index is -0.455. The molecule has 22 heavy (non-hydrogen) atoms. The Morgan fingerprint density at radius 3 is 2.82 bits per heavy atom. The Labute approximate surface area is 137 Å². The second-order valence-electron chi connectivity index (χ2n) is 6.76. The number of halogens is 1. The summed E-state index contributed by atoms with van der Waals surface area (Å²) in [5, 5.41) is 0.708. The van der Waals surface area contributed by atoms with E-state index in [0.29, 0.717) is 24.1 Å². The van der Waals surface area contributed by atoms with Gasteiger partial charge >= 0.3 is 6.09 Å². The van der Waals surface area contributed by atoms with Gasteiger partial charge in [0, 0.05) is 29.6 Å². The first kappa shape index (κ1) is 16.9. The average molecular weight is 326 g/mol. The van der Waals surface area contributed by atoms with Gasteiger partial charge in [0.2, 0.25) is 0 Å². The number of nitrogens with zero attached hydrogens (tertiary/aromatic N) is 1. The number of ether oxygens (including phenoxy) is 2. The van der Waals surface area contributed by atoms with Gasteiger partial charge in [-0.2, -0.15) is 0 Å². The molecule has 1 aromatic rings. The predicted molar refractivity (Wildman–Crippen MR) is 87.6 cm³/mol. The maximum absolute atomic E-state index is 12.0. The molecule has 4 nitrogen and oxygen atoms in total. The summed E-state index contributed by atoms with van der Waals surface area (Å²) in [7, 11) is 0. The fourth-order valence-corrected chi connectivity index (χ4v) is 2.58. The minimum absolute atomic E-state index is 0.242. The summed E-state index contributed by atoms with van der Waals surface area (Å²) in [5.41, 5.74) is 0.495. The predicted octanol–water partition coefficient (Wildman–Crippen LogP) is 4.28. The average Bonchev–Trinajstić information content (AvgIpc) is 2.87. The summed E-state index contributed by atoms with van der Waals surface area (Å²) in [5.74, 6) is 1.13. The van der Waals surface area contributed by atoms with Crippen molar-refractivity contribution in [2.75, 3.05) is 19.7 Å². The van der Waals surface area contributed by atoms with Crippen molar-refractivity contribution in [3.8, 4) is 5.75 Å². The van der Waals surface area contributed by atoms with Crippen LogP contribution in [0.25, 0.3) is 0 Å². The van der Waals surface area contributed by atoms with Crippen LogP contribution in [-0.2, 0) is 4.74 Å². The van der Waals surface area contributed by atoms with Crippen LogP contribution in [0.1, 0.15) is 32.8 Å². The van der Waals surface area contributed by atoms with Crippen LogP contribution in [0.5, 0.6) is 5.75 Å². The van der Waals surface area contributed by atoms with Crippen LogP contribution in [0.3, 0.4) is 0 Å². The number of hydrogen-bond acceptors (Lipinski definition) is 3. The number of rotatable bonds is 3. The molecule has 1 aromatic carbocycles. The van der Waals surface area contributed by atoms with Crippen LogP contribution < -0.4 is 4.74 Å². The van der Waals surface area contributed by atoms with E-state index in [1.165, 1.54) is 0 Å². The summed E-state index contributed by atoms with van der Waals surface area (Å²) in [4.78, 5) is 13.8. The molecule has 0 aliphatic carbocycles. The Morgan fingerprint density at radius 2 is 2.14 bits per heavy atom. The topological polar surface area (TPSA) is 38.8 Å². The lowest BCUT2D eigenvalue weighted by Crippen LogP contribution is -2.35. The highest BCUT2D eigenvalue weighted by molar-refractivity contribution is 6.31. The molecule has 0 N–H and O–H groups in total. The van der Waals surface area contributed by atoms with Crippen LogP contribution in [-0.4, -0.2) is 36.3 Å². The second-order valence-corrected chi connectivity index (χ2v) is 7.16. The van der Waals surface area contributed by atoms with Gasteiger partial charge in [-0.15, -0.1) is 0 Å². The number of carbonyl (C=O) groups is 1. The van der Waals surface area contributed by atoms with E-state index in [1.54, 1.807) is 4.90 Å². The van der Waals surface area contributed by atoms with E-state index < -0.39 is 5.60 Å². The normalized spacial score (nSPS) is 18.4. The smallest absolute Gasteiger partial charge is 0.410 e. The number of carbonyl (C=O) groups excluding carboxylic acids is 1. The molecule has 0 bridgehead atoms. The van der Waals surface area contributed by atoms with Crippen molar-refractivity contribution < 1.29 is 14.3 Å². The quantitative estimate of drug-likeness (QED) is 0.832. The van der Waals surface area contributed by atoms with E-state index >= 15 is 0 Å². The van der Waals surface area contributed by atoms with Crippen molar-refractivity contribution in [2.45, 2.75) is 39.7 Å². The van der Waals surface area contributed by atoms with Crippen LogP contribution in [0, 0.1) is 12.8 Å². The maximum atomic E-state index is 12.0. The molecule has 122 valence electrons. The molecular weight excluding hydrogens is 302 g/mol. The Balaban J connectivity index is 1.84. The standard InChI is InChI=1S/C17H24ClNO3/c1-12-14(18)6-5-7-15(12)21-11-13-8-9-19(10-13)16(20)22-17(2,3)4/h5-7,13H,8-11H2,1-4H3/t13-/m1/s1. The molecule has 1 heterocycles. The first-order chi connectivity index (χ1) is 10.3. The van der Waals surface area contributed by atoms with Gasteiger partial charge in [0.05, 0.1) is 6.61 Å². The Hall–Kier alpha value is -1.42. The van der Waals surface area contributed by atoms with Gasteiger partial charge in [-0.3, -0.25) is 0 Å². The Morgan fingerprint density at radius 1 is 1.41 bits per heavy atom. The monoisotopic (exact) mass is 325 g/mol. The molecule has 2 rings (SSSR count). The largest absolute Gasteiger partial charge is 0.493 e. The minimum Gasteiger partial charge on any atom is -0.493 e. The lowest BCUT2D eigenvalue weighted by Gasteiger charge is -2.24. The second kappa shape index (κ2) is 6.78. The van der Waals surface area contributed by atoms with Crippen molar-refractivity contribution in [1.82, 2.24) is 4.90 Å². The lowest BCUT2D eigenvalue weighted by atomic mass is 10.1. The number of amides is 1. The molecule has 1 saturated heterocycles. The Kier molecular flexibility index (Phi) is 5.22. The molecule has 1 aliphatic rings. The van der Waals surface area contributed by atoms with Crippen molar-refractivity contribution in [3.05, 3.63) is 28.8 Å². The fourth-order valence-electron chi connectivity index (χ4n) is 2.41. The summed E-state index contributed by atoms with van der Waals surface area (Å²) in [6.45, 7) is 9.56. The van der Waals surface area contributed by atoms with E-state index in [2.05, 4.69) is 0 Å². The van der Waals surface area contributed by atoms with E-state index in [1.807, 2.05) is 45.9 Å². The summed E-state index contributed by atoms with van der Waals surface area (Å²) < 4.78 is 11.3. The lowest BCUT2D eigenvalue weighted by molar-refractivity contribution is 0.0285. The zero-order chi connectivity index (χ0) is 16.3. The van der Waals surface area contributed by atoms with Gasteiger partial charge in [-0.1, -0.05) is 17.7 Å². The van der Waals surface area contributed by atoms with Gasteiger partial charge in [0.25, 0.3) is 0 Å². The zero-order valence-corrected chi connectivity index (χ0v) is 14.4. The third-order valence-electron chi connectivity index (χ3n) is 3.63. The van der Waals surface area contributed by atoms with Gasteiger partial charge < -0.3 is 14.4 Å². The number of hydrogen-bond donors (Lipinski definition) is 0. The first-order valence-electron chi connectivity index (χ1n) is 7.62. The molecule has 0 aromatic heterocycles. The molecular formula is C17H24ClNO3. The van der Waals surface area contributed by atoms with E-state index in [0.717, 1.165) is 24.3 Å². The molecule has 0 unspecified atom stereocenters. The molecule has 0 radical (unpaired) electrons. The van der Waals surface area contributed by atoms with Crippen molar-refractivity contribution in [3.63, 3.8) is 0 Å². The van der Waals surface area contributed by atoms with Crippen molar-refractivity contribution >= 4 is 17.7 Å². The van der Waals surface area contributed by atoms with Gasteiger partial charge in [-0.05, 0) is 46.2 Å². The number of benzene rings is 1. The van der Waals surface area contributed by atoms with Crippen LogP contribution in [0.4, 0.5) is 4.79 Å². The summed E-state index contributed by atoms with van der Waals surface area (Å²) in [6, 6.07) is 5.65. The molecule has 0 spiro atoms. The third-order valence-corrected chi connectivity index (χ3v) is 4.04. The summed E-state index contributed by atoms with van der Waals surface area (Å²) in [6.07, 6.45) is 0.688. The maximum Gasteiger partial charge on any atom is 0.410 e. The molecule has 0 saturated carbocycles. The molecule has 1 aliphatic heterocycles. The van der Waals surface area contributed by atoms with Crippen molar-refractivity contribution in [1.29, 1.82) is 0 Å². The molecule has 1 atom stereocenters. The van der Waals surface area contributed by atoms with Crippen LogP contribution in [0.15, 0.2) is 18.2 Å². The fraction of sp³-hybridized carbons (Fsp3) is 0.588. The van der Waals surface area contributed by atoms with Crippen LogP contribution in [0.2, 0.25) is 5.02 Å². The van der Waals surface area contributed by atoms with Crippen LogP contribution >= 0.6 is 11.6 Å². The highest BCUT2D eigenvalue weighted by Crippen LogP contribution is 2.27. The third kappa shape index (κ3) is 4.54. The van der Waals surface area contributed by atoms with E-state index in [-0.39, 0.29) is 6.09 Å². The Bertz CT molecular complexity index is 539. The molecule has 1 amide bonds. The molecule has 5 heteroatoms. The summed E-state index contributed by atoms with van der Waals surface area (Å²) >= 11 is 6.09. The number of likely N-dealkylation sites (tertiary alicyclic amines) is 1. The van der Waals surface area contributed by atoms with Crippen molar-refractivity contribution in [2.24, 2.45) is 5.92 Å². The van der Waals surface area contributed by atoms with Gasteiger partial charge in [0.15, 0.2) is 0 Å². The van der Waals surface area contributed by atoms with E-state index in [4.69, 9.17) is 21.1 Å². The van der Waals surface area contributed by atoms with Gasteiger partial charge in [0.1, 0.15) is 11.4 Å². The first-order valence-corrected chi connectivity index (χ1v) is 8.00.